The van der Waals surface area contributed by atoms with E-state index in [9.17, 15) is 0 Å². The molecule has 1 heterocycles. The lowest BCUT2D eigenvalue weighted by Crippen LogP contribution is -1.89. The summed E-state index contributed by atoms with van der Waals surface area (Å²) in [5.74, 6) is 0. The van der Waals surface area contributed by atoms with Gasteiger partial charge in [0.15, 0.2) is 0 Å². The standard InChI is InChI=1S/C11H9ClN2/c12-11-10(6-9(13)7-14-11)8-4-2-1-3-5-8/h1-7H,13H2. The van der Waals surface area contributed by atoms with Crippen LogP contribution in [-0.4, -0.2) is 4.98 Å². The molecule has 2 N–H and O–H groups in total. The van der Waals surface area contributed by atoms with Gasteiger partial charge >= 0.3 is 0 Å². The third kappa shape index (κ3) is 1.70. The molecular weight excluding hydrogens is 196 g/mol. The molecule has 70 valence electrons. The lowest BCUT2D eigenvalue weighted by atomic mass is 10.1. The molecule has 1 aromatic carbocycles. The molecule has 0 saturated heterocycles. The Morgan fingerprint density at radius 2 is 1.86 bits per heavy atom. The minimum absolute atomic E-state index is 0.477. The number of pyridine rings is 1. The summed E-state index contributed by atoms with van der Waals surface area (Å²) in [6.07, 6.45) is 1.55. The van der Waals surface area contributed by atoms with Gasteiger partial charge in [-0.2, -0.15) is 0 Å². The van der Waals surface area contributed by atoms with Crippen LogP contribution < -0.4 is 5.73 Å². The van der Waals surface area contributed by atoms with E-state index in [1.54, 1.807) is 6.20 Å². The Labute approximate surface area is 87.4 Å². The zero-order valence-corrected chi connectivity index (χ0v) is 8.20. The summed E-state index contributed by atoms with van der Waals surface area (Å²) in [5, 5.41) is 0.477. The largest absolute Gasteiger partial charge is 0.397 e. The second kappa shape index (κ2) is 3.68. The molecule has 0 aliphatic rings. The van der Waals surface area contributed by atoms with E-state index >= 15 is 0 Å². The molecule has 1 aromatic heterocycles. The molecule has 2 nitrogen and oxygen atoms in total. The van der Waals surface area contributed by atoms with Crippen LogP contribution in [0.25, 0.3) is 11.1 Å². The maximum atomic E-state index is 5.96. The molecule has 3 heteroatoms. The number of benzene rings is 1. The van der Waals surface area contributed by atoms with Crippen LogP contribution in [0.2, 0.25) is 5.15 Å². The van der Waals surface area contributed by atoms with Crippen molar-refractivity contribution in [3.63, 3.8) is 0 Å². The number of nitrogen functional groups attached to an aromatic ring is 1. The molecule has 0 bridgehead atoms. The van der Waals surface area contributed by atoms with Crippen molar-refractivity contribution in [2.24, 2.45) is 0 Å². The van der Waals surface area contributed by atoms with E-state index < -0.39 is 0 Å². The molecule has 0 unspecified atom stereocenters. The molecule has 0 fully saturated rings. The van der Waals surface area contributed by atoms with Crippen LogP contribution in [0.15, 0.2) is 42.6 Å². The van der Waals surface area contributed by atoms with Crippen molar-refractivity contribution in [3.8, 4) is 11.1 Å². The number of halogens is 1. The minimum Gasteiger partial charge on any atom is -0.397 e. The molecule has 0 amide bonds. The normalized spacial score (nSPS) is 10.1. The van der Waals surface area contributed by atoms with Gasteiger partial charge in [0, 0.05) is 5.56 Å². The Kier molecular flexibility index (Phi) is 2.37. The monoisotopic (exact) mass is 204 g/mol. The second-order valence-corrected chi connectivity index (χ2v) is 3.33. The van der Waals surface area contributed by atoms with E-state index in [1.807, 2.05) is 36.4 Å². The summed E-state index contributed by atoms with van der Waals surface area (Å²) in [6, 6.07) is 11.6. The van der Waals surface area contributed by atoms with Gasteiger partial charge in [0.2, 0.25) is 0 Å². The number of rotatable bonds is 1. The van der Waals surface area contributed by atoms with Gasteiger partial charge in [-0.05, 0) is 11.6 Å². The van der Waals surface area contributed by atoms with Crippen molar-refractivity contribution < 1.29 is 0 Å². The fraction of sp³-hybridized carbons (Fsp3) is 0. The second-order valence-electron chi connectivity index (χ2n) is 2.97. The van der Waals surface area contributed by atoms with Gasteiger partial charge in [0.1, 0.15) is 5.15 Å². The Bertz CT molecular complexity index is 440. The zero-order valence-electron chi connectivity index (χ0n) is 7.44. The number of nitrogens with zero attached hydrogens (tertiary/aromatic N) is 1. The molecule has 14 heavy (non-hydrogen) atoms. The molecule has 2 aromatic rings. The highest BCUT2D eigenvalue weighted by Gasteiger charge is 2.03. The van der Waals surface area contributed by atoms with Gasteiger partial charge in [0.05, 0.1) is 11.9 Å². The number of anilines is 1. The fourth-order valence-corrected chi connectivity index (χ4v) is 1.50. The maximum absolute atomic E-state index is 5.96. The van der Waals surface area contributed by atoms with Gasteiger partial charge in [-0.25, -0.2) is 4.98 Å². The molecule has 0 saturated carbocycles. The summed E-state index contributed by atoms with van der Waals surface area (Å²) in [5.41, 5.74) is 8.16. The molecule has 0 aliphatic heterocycles. The number of hydrogen-bond acceptors (Lipinski definition) is 2. The molecule has 2 rings (SSSR count). The van der Waals surface area contributed by atoms with Gasteiger partial charge in [0.25, 0.3) is 0 Å². The number of aromatic nitrogens is 1. The summed E-state index contributed by atoms with van der Waals surface area (Å²) >= 11 is 5.96. The van der Waals surface area contributed by atoms with E-state index in [-0.39, 0.29) is 0 Å². The van der Waals surface area contributed by atoms with Crippen molar-refractivity contribution >= 4 is 17.3 Å². The van der Waals surface area contributed by atoms with E-state index in [0.717, 1.165) is 11.1 Å². The smallest absolute Gasteiger partial charge is 0.136 e. The number of hydrogen-bond donors (Lipinski definition) is 1. The van der Waals surface area contributed by atoms with E-state index in [4.69, 9.17) is 17.3 Å². The lowest BCUT2D eigenvalue weighted by molar-refractivity contribution is 1.33. The SMILES string of the molecule is Nc1cnc(Cl)c(-c2ccccc2)c1. The molecule has 0 atom stereocenters. The molecular formula is C11H9ClN2. The van der Waals surface area contributed by atoms with Crippen LogP contribution in [-0.2, 0) is 0 Å². The van der Waals surface area contributed by atoms with E-state index in [1.165, 1.54) is 0 Å². The zero-order chi connectivity index (χ0) is 9.97. The minimum atomic E-state index is 0.477. The van der Waals surface area contributed by atoms with Crippen LogP contribution in [0.5, 0.6) is 0 Å². The van der Waals surface area contributed by atoms with Gasteiger partial charge in [-0.1, -0.05) is 41.9 Å². The van der Waals surface area contributed by atoms with Crippen LogP contribution >= 0.6 is 11.6 Å². The summed E-state index contributed by atoms with van der Waals surface area (Å²) in [7, 11) is 0. The van der Waals surface area contributed by atoms with E-state index in [2.05, 4.69) is 4.98 Å². The number of nitrogens with two attached hydrogens (primary N) is 1. The molecule has 0 spiro atoms. The first-order valence-corrected chi connectivity index (χ1v) is 4.61. The average Bonchev–Trinajstić information content (AvgIpc) is 2.23. The summed E-state index contributed by atoms with van der Waals surface area (Å²) in [6.45, 7) is 0. The van der Waals surface area contributed by atoms with Crippen molar-refractivity contribution in [1.29, 1.82) is 0 Å². The predicted molar refractivity (Wildman–Crippen MR) is 59.1 cm³/mol. The summed E-state index contributed by atoms with van der Waals surface area (Å²) < 4.78 is 0. The van der Waals surface area contributed by atoms with Crippen LogP contribution in [0.3, 0.4) is 0 Å². The highest BCUT2D eigenvalue weighted by Crippen LogP contribution is 2.27. The van der Waals surface area contributed by atoms with Crippen molar-refractivity contribution in [2.75, 3.05) is 5.73 Å². The average molecular weight is 205 g/mol. The van der Waals surface area contributed by atoms with Gasteiger partial charge in [-0.3, -0.25) is 0 Å². The van der Waals surface area contributed by atoms with Crippen molar-refractivity contribution in [3.05, 3.63) is 47.7 Å². The molecule has 0 radical (unpaired) electrons. The van der Waals surface area contributed by atoms with E-state index in [0.29, 0.717) is 10.8 Å². The molecule has 0 aliphatic carbocycles. The first-order valence-electron chi connectivity index (χ1n) is 4.24. The summed E-state index contributed by atoms with van der Waals surface area (Å²) in [4.78, 5) is 4.00. The van der Waals surface area contributed by atoms with Gasteiger partial charge < -0.3 is 5.73 Å². The van der Waals surface area contributed by atoms with Crippen molar-refractivity contribution in [2.45, 2.75) is 0 Å². The Morgan fingerprint density at radius 1 is 1.14 bits per heavy atom. The third-order valence-electron chi connectivity index (χ3n) is 1.95. The lowest BCUT2D eigenvalue weighted by Gasteiger charge is -2.03. The Balaban J connectivity index is 2.57. The topological polar surface area (TPSA) is 38.9 Å². The van der Waals surface area contributed by atoms with Crippen LogP contribution in [0.4, 0.5) is 5.69 Å². The highest BCUT2D eigenvalue weighted by atomic mass is 35.5. The first-order chi connectivity index (χ1) is 6.77. The highest BCUT2D eigenvalue weighted by molar-refractivity contribution is 6.32. The van der Waals surface area contributed by atoms with Crippen molar-refractivity contribution in [1.82, 2.24) is 4.98 Å². The third-order valence-corrected chi connectivity index (χ3v) is 2.25. The first kappa shape index (κ1) is 9.03. The Morgan fingerprint density at radius 3 is 2.57 bits per heavy atom. The maximum Gasteiger partial charge on any atom is 0.136 e. The predicted octanol–water partition coefficient (Wildman–Crippen LogP) is 2.98. The Hall–Kier alpha value is -1.54. The van der Waals surface area contributed by atoms with Crippen LogP contribution in [0, 0.1) is 0 Å². The fourth-order valence-electron chi connectivity index (χ4n) is 1.28. The quantitative estimate of drug-likeness (QED) is 0.726. The van der Waals surface area contributed by atoms with Crippen LogP contribution in [0.1, 0.15) is 0 Å². The van der Waals surface area contributed by atoms with Gasteiger partial charge in [-0.15, -0.1) is 0 Å².